The Morgan fingerprint density at radius 1 is 1.38 bits per heavy atom. The van der Waals surface area contributed by atoms with Gasteiger partial charge < -0.3 is 24.7 Å². The number of ether oxygens (including phenoxy) is 4. The Morgan fingerprint density at radius 2 is 2.10 bits per heavy atom. The molecule has 21 heavy (non-hydrogen) atoms. The van der Waals surface area contributed by atoms with Crippen LogP contribution in [0.4, 0.5) is 5.69 Å². The van der Waals surface area contributed by atoms with E-state index in [1.54, 1.807) is 20.3 Å². The van der Waals surface area contributed by atoms with Crippen LogP contribution in [0.2, 0.25) is 0 Å². The summed E-state index contributed by atoms with van der Waals surface area (Å²) >= 11 is 0. The molecule has 0 aromatic heterocycles. The number of hydrogen-bond donors (Lipinski definition) is 1. The number of hydrogen-bond acceptors (Lipinski definition) is 6. The van der Waals surface area contributed by atoms with Crippen LogP contribution in [0.3, 0.4) is 0 Å². The molecule has 0 spiro atoms. The van der Waals surface area contributed by atoms with E-state index in [0.717, 1.165) is 11.1 Å². The maximum absolute atomic E-state index is 11.5. The summed E-state index contributed by atoms with van der Waals surface area (Å²) in [6.07, 6.45) is 0.244. The molecule has 0 saturated carbocycles. The molecule has 1 aromatic carbocycles. The number of esters is 1. The molecule has 0 saturated heterocycles. The van der Waals surface area contributed by atoms with E-state index in [4.69, 9.17) is 24.7 Å². The van der Waals surface area contributed by atoms with Gasteiger partial charge in [0, 0.05) is 23.6 Å². The lowest BCUT2D eigenvalue weighted by Gasteiger charge is -2.32. The zero-order chi connectivity index (χ0) is 15.6. The number of rotatable bonds is 4. The van der Waals surface area contributed by atoms with Crippen LogP contribution in [0.1, 0.15) is 30.6 Å². The minimum Gasteiger partial charge on any atom is -0.496 e. The van der Waals surface area contributed by atoms with Crippen LogP contribution in [0.25, 0.3) is 0 Å². The standard InChI is InChI=1S/C15H21NO5/c1-8-14-10(5-9(21-8)6-13(17)19-3)15(20-4)11(16)7-12(14)18-2/h7-9H,5-6,16H2,1-4H3/t8-,9-/m0/s1. The average molecular weight is 295 g/mol. The molecule has 0 aliphatic carbocycles. The third-order valence-corrected chi connectivity index (χ3v) is 3.69. The minimum absolute atomic E-state index is 0.195. The van der Waals surface area contributed by atoms with Crippen LogP contribution < -0.4 is 15.2 Å². The van der Waals surface area contributed by atoms with Crippen molar-refractivity contribution in [3.8, 4) is 11.5 Å². The van der Waals surface area contributed by atoms with Crippen LogP contribution in [0, 0.1) is 0 Å². The average Bonchev–Trinajstić information content (AvgIpc) is 2.45. The largest absolute Gasteiger partial charge is 0.496 e. The van der Waals surface area contributed by atoms with Crippen molar-refractivity contribution in [2.45, 2.75) is 32.0 Å². The van der Waals surface area contributed by atoms with Crippen LogP contribution in [-0.2, 0) is 20.7 Å². The zero-order valence-corrected chi connectivity index (χ0v) is 12.8. The minimum atomic E-state index is -0.300. The number of carbonyl (C=O) groups excluding carboxylic acids is 1. The maximum Gasteiger partial charge on any atom is 0.308 e. The molecule has 0 radical (unpaired) electrons. The number of nitrogen functional groups attached to an aromatic ring is 1. The SMILES string of the molecule is COC(=O)C[C@@H]1Cc2c(OC)c(N)cc(OC)c2[C@H](C)O1. The lowest BCUT2D eigenvalue weighted by molar-refractivity contribution is -0.145. The summed E-state index contributed by atoms with van der Waals surface area (Å²) in [5.41, 5.74) is 8.38. The quantitative estimate of drug-likeness (QED) is 0.674. The van der Waals surface area contributed by atoms with Gasteiger partial charge in [0.25, 0.3) is 0 Å². The lowest BCUT2D eigenvalue weighted by Crippen LogP contribution is -2.28. The molecule has 0 bridgehead atoms. The molecule has 1 heterocycles. The fraction of sp³-hybridized carbons (Fsp3) is 0.533. The Bertz CT molecular complexity index is 543. The number of benzene rings is 1. The summed E-state index contributed by atoms with van der Waals surface area (Å²) in [6, 6.07) is 1.73. The number of carbonyl (C=O) groups is 1. The molecule has 2 rings (SSSR count). The maximum atomic E-state index is 11.5. The van der Waals surface area contributed by atoms with E-state index in [-0.39, 0.29) is 24.6 Å². The van der Waals surface area contributed by atoms with Crippen LogP contribution >= 0.6 is 0 Å². The first-order chi connectivity index (χ1) is 10.0. The van der Waals surface area contributed by atoms with Crippen molar-refractivity contribution in [3.63, 3.8) is 0 Å². The third kappa shape index (κ3) is 2.90. The van der Waals surface area contributed by atoms with Gasteiger partial charge in [-0.15, -0.1) is 0 Å². The first-order valence-electron chi connectivity index (χ1n) is 6.77. The highest BCUT2D eigenvalue weighted by atomic mass is 16.5. The lowest BCUT2D eigenvalue weighted by atomic mass is 9.91. The molecule has 1 aliphatic heterocycles. The van der Waals surface area contributed by atoms with E-state index < -0.39 is 0 Å². The van der Waals surface area contributed by atoms with Crippen molar-refractivity contribution in [3.05, 3.63) is 17.2 Å². The van der Waals surface area contributed by atoms with Crippen LogP contribution in [-0.4, -0.2) is 33.4 Å². The molecule has 6 nitrogen and oxygen atoms in total. The predicted molar refractivity (Wildman–Crippen MR) is 77.6 cm³/mol. The molecule has 2 atom stereocenters. The van der Waals surface area contributed by atoms with Gasteiger partial charge in [-0.25, -0.2) is 0 Å². The molecule has 1 aromatic rings. The Kier molecular flexibility index (Phi) is 4.57. The molecule has 2 N–H and O–H groups in total. The number of methoxy groups -OCH3 is 3. The number of anilines is 1. The fourth-order valence-corrected chi connectivity index (χ4v) is 2.81. The van der Waals surface area contributed by atoms with Gasteiger partial charge in [0.05, 0.1) is 45.6 Å². The van der Waals surface area contributed by atoms with E-state index in [2.05, 4.69) is 0 Å². The van der Waals surface area contributed by atoms with Gasteiger partial charge in [-0.3, -0.25) is 4.79 Å². The molecule has 0 amide bonds. The highest BCUT2D eigenvalue weighted by molar-refractivity contribution is 5.70. The van der Waals surface area contributed by atoms with Gasteiger partial charge in [-0.1, -0.05) is 0 Å². The zero-order valence-electron chi connectivity index (χ0n) is 12.8. The smallest absolute Gasteiger partial charge is 0.308 e. The first-order valence-corrected chi connectivity index (χ1v) is 6.77. The highest BCUT2D eigenvalue weighted by Crippen LogP contribution is 2.44. The Morgan fingerprint density at radius 3 is 2.67 bits per heavy atom. The van der Waals surface area contributed by atoms with E-state index in [9.17, 15) is 4.79 Å². The molecule has 0 unspecified atom stereocenters. The second kappa shape index (κ2) is 6.22. The summed E-state index contributed by atoms with van der Waals surface area (Å²) in [6.45, 7) is 1.92. The normalized spacial score (nSPS) is 20.6. The van der Waals surface area contributed by atoms with Gasteiger partial charge in [0.2, 0.25) is 0 Å². The summed E-state index contributed by atoms with van der Waals surface area (Å²) in [5, 5.41) is 0. The Hall–Kier alpha value is -1.95. The highest BCUT2D eigenvalue weighted by Gasteiger charge is 2.32. The summed E-state index contributed by atoms with van der Waals surface area (Å²) in [5.74, 6) is 0.994. The van der Waals surface area contributed by atoms with E-state index >= 15 is 0 Å². The van der Waals surface area contributed by atoms with E-state index in [1.165, 1.54) is 7.11 Å². The fourth-order valence-electron chi connectivity index (χ4n) is 2.81. The van der Waals surface area contributed by atoms with E-state index in [0.29, 0.717) is 23.6 Å². The molecule has 1 aliphatic rings. The molecule has 6 heteroatoms. The third-order valence-electron chi connectivity index (χ3n) is 3.69. The summed E-state index contributed by atoms with van der Waals surface area (Å²) < 4.78 is 21.4. The van der Waals surface area contributed by atoms with Gasteiger partial charge >= 0.3 is 5.97 Å². The second-order valence-corrected chi connectivity index (χ2v) is 4.98. The molecular formula is C15H21NO5. The molecule has 0 fully saturated rings. The van der Waals surface area contributed by atoms with Gasteiger partial charge in [0.1, 0.15) is 11.5 Å². The van der Waals surface area contributed by atoms with Gasteiger partial charge in [-0.2, -0.15) is 0 Å². The van der Waals surface area contributed by atoms with Crippen molar-refractivity contribution in [2.75, 3.05) is 27.1 Å². The van der Waals surface area contributed by atoms with Crippen molar-refractivity contribution < 1.29 is 23.7 Å². The van der Waals surface area contributed by atoms with Crippen molar-refractivity contribution in [2.24, 2.45) is 0 Å². The van der Waals surface area contributed by atoms with E-state index in [1.807, 2.05) is 6.92 Å². The Labute approximate surface area is 124 Å². The van der Waals surface area contributed by atoms with Crippen molar-refractivity contribution in [1.29, 1.82) is 0 Å². The predicted octanol–water partition coefficient (Wildman–Crippen LogP) is 1.85. The summed E-state index contributed by atoms with van der Waals surface area (Å²) in [4.78, 5) is 11.5. The molecular weight excluding hydrogens is 274 g/mol. The van der Waals surface area contributed by atoms with Crippen LogP contribution in [0.15, 0.2) is 6.07 Å². The monoisotopic (exact) mass is 295 g/mol. The van der Waals surface area contributed by atoms with Gasteiger partial charge in [0.15, 0.2) is 0 Å². The van der Waals surface area contributed by atoms with Crippen molar-refractivity contribution in [1.82, 2.24) is 0 Å². The summed E-state index contributed by atoms with van der Waals surface area (Å²) in [7, 11) is 4.53. The van der Waals surface area contributed by atoms with Crippen molar-refractivity contribution >= 4 is 11.7 Å². The Balaban J connectivity index is 2.43. The topological polar surface area (TPSA) is 80.0 Å². The number of fused-ring (bicyclic) bond motifs is 1. The number of nitrogens with two attached hydrogens (primary N) is 1. The second-order valence-electron chi connectivity index (χ2n) is 4.98. The molecule has 116 valence electrons. The van der Waals surface area contributed by atoms with Gasteiger partial charge in [-0.05, 0) is 6.92 Å². The first kappa shape index (κ1) is 15.4. The van der Waals surface area contributed by atoms with Crippen LogP contribution in [0.5, 0.6) is 11.5 Å².